The van der Waals surface area contributed by atoms with Gasteiger partial charge in [-0.1, -0.05) is 34.1 Å². The Labute approximate surface area is 93.9 Å². The Morgan fingerprint density at radius 2 is 2.00 bits per heavy atom. The van der Waals surface area contributed by atoms with Crippen LogP contribution in [-0.2, 0) is 6.18 Å². The molecule has 0 aliphatic rings. The van der Waals surface area contributed by atoms with Gasteiger partial charge in [0.15, 0.2) is 0 Å². The third-order valence-corrected chi connectivity index (χ3v) is 2.17. The summed E-state index contributed by atoms with van der Waals surface area (Å²) in [6.07, 6.45) is -0.908. The van der Waals surface area contributed by atoms with Gasteiger partial charge in [0.2, 0.25) is 0 Å². The van der Waals surface area contributed by atoms with Crippen molar-refractivity contribution in [2.24, 2.45) is 0 Å². The highest BCUT2D eigenvalue weighted by Crippen LogP contribution is 2.31. The van der Waals surface area contributed by atoms with E-state index >= 15 is 0 Å². The second-order valence-corrected chi connectivity index (χ2v) is 3.55. The molecule has 0 aromatic heterocycles. The van der Waals surface area contributed by atoms with Gasteiger partial charge in [-0.15, -0.1) is 0 Å². The first-order valence-corrected chi connectivity index (χ1v) is 5.26. The van der Waals surface area contributed by atoms with E-state index in [1.807, 2.05) is 0 Å². The van der Waals surface area contributed by atoms with Crippen LogP contribution in [0.5, 0.6) is 0 Å². The molecule has 0 unspecified atom stereocenters. The molecule has 0 spiro atoms. The van der Waals surface area contributed by atoms with E-state index in [2.05, 4.69) is 15.9 Å². The van der Waals surface area contributed by atoms with Crippen LogP contribution in [-0.4, -0.2) is 5.33 Å². The van der Waals surface area contributed by atoms with Crippen LogP contribution in [0.15, 0.2) is 24.3 Å². The molecule has 0 saturated carbocycles. The lowest BCUT2D eigenvalue weighted by Crippen LogP contribution is -2.05. The summed E-state index contributed by atoms with van der Waals surface area (Å²) in [7, 11) is 0. The number of hydrogen-bond donors (Lipinski definition) is 1. The fourth-order valence-electron chi connectivity index (χ4n) is 1.07. The molecule has 0 atom stereocenters. The number of nitrogens with two attached hydrogens (primary N) is 1. The number of alkyl halides is 4. The van der Waals surface area contributed by atoms with Crippen LogP contribution < -0.4 is 5.73 Å². The van der Waals surface area contributed by atoms with Crippen molar-refractivity contribution in [2.75, 3.05) is 11.1 Å². The molecule has 0 radical (unpaired) electrons. The first kappa shape index (κ1) is 12.1. The van der Waals surface area contributed by atoms with Gasteiger partial charge in [0.05, 0.1) is 5.56 Å². The van der Waals surface area contributed by atoms with Crippen molar-refractivity contribution in [2.45, 2.75) is 6.18 Å². The van der Waals surface area contributed by atoms with Crippen LogP contribution in [0.3, 0.4) is 0 Å². The van der Waals surface area contributed by atoms with Crippen molar-refractivity contribution < 1.29 is 13.2 Å². The van der Waals surface area contributed by atoms with Crippen molar-refractivity contribution >= 4 is 27.7 Å². The third kappa shape index (κ3) is 3.27. The van der Waals surface area contributed by atoms with Crippen LogP contribution in [0.1, 0.15) is 11.1 Å². The predicted molar refractivity (Wildman–Crippen MR) is 58.7 cm³/mol. The van der Waals surface area contributed by atoms with E-state index in [1.165, 1.54) is 6.07 Å². The number of nitrogen functional groups attached to an aromatic ring is 1. The van der Waals surface area contributed by atoms with E-state index in [4.69, 9.17) is 5.73 Å². The van der Waals surface area contributed by atoms with E-state index in [1.54, 1.807) is 12.2 Å². The molecule has 2 N–H and O–H groups in total. The summed E-state index contributed by atoms with van der Waals surface area (Å²) in [6.45, 7) is 0. The fraction of sp³-hybridized carbons (Fsp3) is 0.200. The Balaban J connectivity index is 3.04. The lowest BCUT2D eigenvalue weighted by Gasteiger charge is -2.08. The second kappa shape index (κ2) is 4.70. The van der Waals surface area contributed by atoms with Gasteiger partial charge in [-0.2, -0.15) is 13.2 Å². The van der Waals surface area contributed by atoms with E-state index in [0.29, 0.717) is 10.9 Å². The summed E-state index contributed by atoms with van der Waals surface area (Å²) in [5.41, 5.74) is 5.48. The lowest BCUT2D eigenvalue weighted by molar-refractivity contribution is -0.137. The van der Waals surface area contributed by atoms with Gasteiger partial charge in [0.25, 0.3) is 0 Å². The molecule has 1 rings (SSSR count). The molecule has 1 aromatic carbocycles. The van der Waals surface area contributed by atoms with Crippen molar-refractivity contribution in [3.05, 3.63) is 35.4 Å². The lowest BCUT2D eigenvalue weighted by atomic mass is 10.1. The summed E-state index contributed by atoms with van der Waals surface area (Å²) < 4.78 is 36.8. The Morgan fingerprint density at radius 3 is 2.47 bits per heavy atom. The Bertz CT molecular complexity index is 371. The topological polar surface area (TPSA) is 26.0 Å². The molecule has 1 aromatic rings. The summed E-state index contributed by atoms with van der Waals surface area (Å²) in [5, 5.41) is 0.632. The largest absolute Gasteiger partial charge is 0.416 e. The van der Waals surface area contributed by atoms with E-state index in [9.17, 15) is 13.2 Å². The zero-order valence-electron chi connectivity index (χ0n) is 7.68. The minimum absolute atomic E-state index is 0.127. The van der Waals surface area contributed by atoms with Gasteiger partial charge in [-0.25, -0.2) is 0 Å². The third-order valence-electron chi connectivity index (χ3n) is 1.80. The van der Waals surface area contributed by atoms with Gasteiger partial charge in [-0.05, 0) is 17.7 Å². The number of allylic oxidation sites excluding steroid dienone is 1. The number of benzene rings is 1. The molecule has 0 fully saturated rings. The minimum atomic E-state index is -4.34. The van der Waals surface area contributed by atoms with Crippen LogP contribution in [0, 0.1) is 0 Å². The number of halogens is 4. The molecular formula is C10H9BrF3N. The van der Waals surface area contributed by atoms with Crippen molar-refractivity contribution in [3.8, 4) is 0 Å². The van der Waals surface area contributed by atoms with Gasteiger partial charge in [0, 0.05) is 11.0 Å². The Kier molecular flexibility index (Phi) is 3.79. The quantitative estimate of drug-likeness (QED) is 0.648. The molecule has 0 bridgehead atoms. The van der Waals surface area contributed by atoms with E-state index in [-0.39, 0.29) is 5.69 Å². The molecule has 82 valence electrons. The van der Waals surface area contributed by atoms with Gasteiger partial charge >= 0.3 is 6.18 Å². The highest BCUT2D eigenvalue weighted by atomic mass is 79.9. The fourth-order valence-corrected chi connectivity index (χ4v) is 1.26. The summed E-state index contributed by atoms with van der Waals surface area (Å²) in [5.74, 6) is 0. The van der Waals surface area contributed by atoms with Crippen molar-refractivity contribution in [3.63, 3.8) is 0 Å². The highest BCUT2D eigenvalue weighted by molar-refractivity contribution is 9.09. The molecule has 0 amide bonds. The van der Waals surface area contributed by atoms with Crippen LogP contribution in [0.2, 0.25) is 0 Å². The van der Waals surface area contributed by atoms with E-state index < -0.39 is 11.7 Å². The molecule has 0 aliphatic carbocycles. The zero-order chi connectivity index (χ0) is 11.5. The second-order valence-electron chi connectivity index (χ2n) is 2.90. The zero-order valence-corrected chi connectivity index (χ0v) is 9.27. The summed E-state index contributed by atoms with van der Waals surface area (Å²) >= 11 is 3.17. The van der Waals surface area contributed by atoms with Gasteiger partial charge < -0.3 is 5.73 Å². The number of hydrogen-bond acceptors (Lipinski definition) is 1. The minimum Gasteiger partial charge on any atom is -0.398 e. The summed E-state index contributed by atoms with van der Waals surface area (Å²) in [6, 6.07) is 3.31. The monoisotopic (exact) mass is 279 g/mol. The molecule has 0 aliphatic heterocycles. The Hall–Kier alpha value is -0.970. The molecule has 5 heteroatoms. The van der Waals surface area contributed by atoms with Crippen LogP contribution in [0.4, 0.5) is 18.9 Å². The molecule has 15 heavy (non-hydrogen) atoms. The maximum absolute atomic E-state index is 12.3. The van der Waals surface area contributed by atoms with Crippen LogP contribution >= 0.6 is 15.9 Å². The molecule has 0 saturated heterocycles. The maximum atomic E-state index is 12.3. The van der Waals surface area contributed by atoms with Crippen molar-refractivity contribution in [1.82, 2.24) is 0 Å². The first-order valence-electron chi connectivity index (χ1n) is 4.14. The molecule has 1 nitrogen and oxygen atoms in total. The molecule has 0 heterocycles. The normalized spacial score (nSPS) is 12.3. The number of anilines is 1. The van der Waals surface area contributed by atoms with Crippen molar-refractivity contribution in [1.29, 1.82) is 0 Å². The average Bonchev–Trinajstić information content (AvgIpc) is 2.14. The molecular weight excluding hydrogens is 271 g/mol. The van der Waals surface area contributed by atoms with Gasteiger partial charge in [-0.3, -0.25) is 0 Å². The average molecular weight is 280 g/mol. The first-order chi connectivity index (χ1) is 6.95. The SMILES string of the molecule is Nc1cc(C(F)(F)F)ccc1C=CCBr. The Morgan fingerprint density at radius 1 is 1.33 bits per heavy atom. The highest BCUT2D eigenvalue weighted by Gasteiger charge is 2.30. The standard InChI is InChI=1S/C10H9BrF3N/c11-5-1-2-7-3-4-8(6-9(7)15)10(12,13)14/h1-4,6H,5,15H2. The summed E-state index contributed by atoms with van der Waals surface area (Å²) in [4.78, 5) is 0. The van der Waals surface area contributed by atoms with E-state index in [0.717, 1.165) is 12.1 Å². The maximum Gasteiger partial charge on any atom is 0.416 e. The predicted octanol–water partition coefficient (Wildman–Crippen LogP) is 3.70. The van der Waals surface area contributed by atoms with Crippen LogP contribution in [0.25, 0.3) is 6.08 Å². The number of rotatable bonds is 2. The smallest absolute Gasteiger partial charge is 0.398 e. The van der Waals surface area contributed by atoms with Gasteiger partial charge in [0.1, 0.15) is 0 Å².